The van der Waals surface area contributed by atoms with Crippen molar-refractivity contribution in [1.82, 2.24) is 9.66 Å². The zero-order valence-corrected chi connectivity index (χ0v) is 20.1. The molecule has 1 N–H and O–H groups in total. The van der Waals surface area contributed by atoms with E-state index < -0.39 is 0 Å². The van der Waals surface area contributed by atoms with Gasteiger partial charge in [0.15, 0.2) is 0 Å². The zero-order valence-electron chi connectivity index (χ0n) is 19.2. The predicted molar refractivity (Wildman–Crippen MR) is 129 cm³/mol. The van der Waals surface area contributed by atoms with Crippen LogP contribution in [0.2, 0.25) is 0 Å². The topological polar surface area (TPSA) is 67.5 Å². The number of thiophene rings is 1. The molecule has 0 unspecified atom stereocenters. The lowest BCUT2D eigenvalue weighted by molar-refractivity contribution is 0.423. The monoisotopic (exact) mass is 437 g/mol. The molecule has 4 rings (SSSR count). The van der Waals surface area contributed by atoms with Gasteiger partial charge in [-0.15, -0.1) is 11.3 Å². The molecule has 0 fully saturated rings. The predicted octanol–water partition coefficient (Wildman–Crippen LogP) is 5.52. The largest absolute Gasteiger partial charge is 0.507 e. The van der Waals surface area contributed by atoms with E-state index >= 15 is 0 Å². The van der Waals surface area contributed by atoms with E-state index in [0.717, 1.165) is 46.2 Å². The van der Waals surface area contributed by atoms with Crippen LogP contribution >= 0.6 is 11.3 Å². The molecule has 0 saturated heterocycles. The highest BCUT2D eigenvalue weighted by molar-refractivity contribution is 7.18. The lowest BCUT2D eigenvalue weighted by Gasteiger charge is -2.27. The lowest BCUT2D eigenvalue weighted by atomic mass is 9.78. The molecule has 0 aliphatic heterocycles. The Kier molecular flexibility index (Phi) is 5.32. The molecule has 1 aromatic carbocycles. The first kappa shape index (κ1) is 21.8. The minimum atomic E-state index is -0.221. The first-order valence-corrected chi connectivity index (χ1v) is 11.7. The van der Waals surface area contributed by atoms with Crippen LogP contribution in [0.3, 0.4) is 0 Å². The second kappa shape index (κ2) is 7.59. The summed E-state index contributed by atoms with van der Waals surface area (Å²) in [5, 5.41) is 16.1. The smallest absolute Gasteiger partial charge is 0.282 e. The van der Waals surface area contributed by atoms with Gasteiger partial charge in [0.25, 0.3) is 5.56 Å². The fourth-order valence-electron chi connectivity index (χ4n) is 4.22. The number of hydrogen-bond acceptors (Lipinski definition) is 5. The number of fused-ring (bicyclic) bond motifs is 3. The van der Waals surface area contributed by atoms with Crippen LogP contribution in [0, 0.1) is 0 Å². The summed E-state index contributed by atoms with van der Waals surface area (Å²) in [7, 11) is 0. The first-order valence-electron chi connectivity index (χ1n) is 10.9. The molecule has 3 aromatic rings. The third-order valence-electron chi connectivity index (χ3n) is 5.94. The molecule has 2 heterocycles. The molecular formula is C25H31N3O2S. The molecule has 0 bridgehead atoms. The van der Waals surface area contributed by atoms with Gasteiger partial charge in [-0.05, 0) is 59.8 Å². The highest BCUT2D eigenvalue weighted by Crippen LogP contribution is 2.39. The summed E-state index contributed by atoms with van der Waals surface area (Å²) >= 11 is 1.64. The van der Waals surface area contributed by atoms with E-state index in [1.165, 1.54) is 27.9 Å². The summed E-state index contributed by atoms with van der Waals surface area (Å²) in [6, 6.07) is 3.91. The Bertz CT molecular complexity index is 1200. The van der Waals surface area contributed by atoms with Crippen LogP contribution in [0.15, 0.2) is 28.4 Å². The van der Waals surface area contributed by atoms with E-state index in [1.807, 2.05) is 12.1 Å². The minimum Gasteiger partial charge on any atom is -0.507 e. The van der Waals surface area contributed by atoms with Crippen molar-refractivity contribution in [2.24, 2.45) is 5.10 Å². The second-order valence-electron chi connectivity index (χ2n) is 10.5. The number of phenols is 1. The van der Waals surface area contributed by atoms with E-state index in [4.69, 9.17) is 0 Å². The maximum Gasteiger partial charge on any atom is 0.282 e. The van der Waals surface area contributed by atoms with Gasteiger partial charge in [0.2, 0.25) is 0 Å². The van der Waals surface area contributed by atoms with Gasteiger partial charge in [-0.25, -0.2) is 4.98 Å². The maximum atomic E-state index is 13.2. The average molecular weight is 438 g/mol. The van der Waals surface area contributed by atoms with E-state index in [2.05, 4.69) is 51.6 Å². The van der Waals surface area contributed by atoms with Gasteiger partial charge in [-0.3, -0.25) is 4.79 Å². The SMILES string of the molecule is CC(C)(C)c1cc(/C=N/n2cnc3sc4c(c3c2=O)CCCC4)cc(C(C)(C)C)c1O. The highest BCUT2D eigenvalue weighted by atomic mass is 32.1. The fraction of sp³-hybridized carbons (Fsp3) is 0.480. The normalized spacial score (nSPS) is 15.0. The van der Waals surface area contributed by atoms with Crippen molar-refractivity contribution in [3.05, 3.63) is 55.9 Å². The molecule has 2 aromatic heterocycles. The van der Waals surface area contributed by atoms with Gasteiger partial charge in [0.05, 0.1) is 11.6 Å². The highest BCUT2D eigenvalue weighted by Gasteiger charge is 2.26. The molecule has 164 valence electrons. The number of aromatic nitrogens is 2. The third kappa shape index (κ3) is 4.05. The van der Waals surface area contributed by atoms with Gasteiger partial charge in [0.1, 0.15) is 16.9 Å². The number of rotatable bonds is 2. The van der Waals surface area contributed by atoms with Crippen molar-refractivity contribution >= 4 is 27.8 Å². The maximum absolute atomic E-state index is 13.2. The fourth-order valence-corrected chi connectivity index (χ4v) is 5.44. The third-order valence-corrected chi connectivity index (χ3v) is 7.14. The Hall–Kier alpha value is -2.47. The Labute approximate surface area is 187 Å². The lowest BCUT2D eigenvalue weighted by Crippen LogP contribution is -2.19. The van der Waals surface area contributed by atoms with E-state index in [1.54, 1.807) is 17.6 Å². The summed E-state index contributed by atoms with van der Waals surface area (Å²) in [4.78, 5) is 19.8. The molecule has 0 spiro atoms. The van der Waals surface area contributed by atoms with Crippen LogP contribution in [-0.2, 0) is 23.7 Å². The van der Waals surface area contributed by atoms with Crippen molar-refractivity contribution in [2.75, 3.05) is 0 Å². The molecule has 31 heavy (non-hydrogen) atoms. The van der Waals surface area contributed by atoms with Crippen molar-refractivity contribution in [3.63, 3.8) is 0 Å². The molecular weight excluding hydrogens is 406 g/mol. The molecule has 0 amide bonds. The van der Waals surface area contributed by atoms with Crippen molar-refractivity contribution in [2.45, 2.75) is 78.1 Å². The summed E-state index contributed by atoms with van der Waals surface area (Å²) in [5.74, 6) is 0.335. The van der Waals surface area contributed by atoms with Gasteiger partial charge >= 0.3 is 0 Å². The number of nitrogens with zero attached hydrogens (tertiary/aromatic N) is 3. The molecule has 5 nitrogen and oxygen atoms in total. The molecule has 1 aliphatic rings. The van der Waals surface area contributed by atoms with Gasteiger partial charge in [0, 0.05) is 16.0 Å². The number of phenolic OH excluding ortho intramolecular Hbond substituents is 1. The standard InChI is InChI=1S/C25H31N3O2S/c1-24(2,3)17-11-15(12-18(21(17)29)25(4,5)6)13-27-28-14-26-22-20(23(28)30)16-9-7-8-10-19(16)31-22/h11-14,29H,7-10H2,1-6H3/b27-13+. The van der Waals surface area contributed by atoms with Gasteiger partial charge in [-0.1, -0.05) is 41.5 Å². The van der Waals surface area contributed by atoms with Gasteiger partial charge < -0.3 is 5.11 Å². The summed E-state index contributed by atoms with van der Waals surface area (Å²) < 4.78 is 1.34. The molecule has 0 atom stereocenters. The number of aryl methyl sites for hydroxylation is 2. The zero-order chi connectivity index (χ0) is 22.6. The Morgan fingerprint density at radius 2 is 1.68 bits per heavy atom. The number of aromatic hydroxyl groups is 1. The van der Waals surface area contributed by atoms with E-state index in [-0.39, 0.29) is 16.4 Å². The first-order chi connectivity index (χ1) is 14.5. The minimum absolute atomic E-state index is 0.105. The quantitative estimate of drug-likeness (QED) is 0.537. The summed E-state index contributed by atoms with van der Waals surface area (Å²) in [5.41, 5.74) is 3.21. The molecule has 1 aliphatic carbocycles. The summed E-state index contributed by atoms with van der Waals surface area (Å²) in [6.07, 6.45) is 7.49. The summed E-state index contributed by atoms with van der Waals surface area (Å²) in [6.45, 7) is 12.5. The van der Waals surface area contributed by atoms with E-state index in [0.29, 0.717) is 5.75 Å². The van der Waals surface area contributed by atoms with Crippen LogP contribution in [0.25, 0.3) is 10.2 Å². The van der Waals surface area contributed by atoms with Crippen LogP contribution in [0.1, 0.15) is 81.5 Å². The van der Waals surface area contributed by atoms with Crippen molar-refractivity contribution in [3.8, 4) is 5.75 Å². The molecule has 6 heteroatoms. The Balaban J connectivity index is 1.81. The number of benzene rings is 1. The van der Waals surface area contributed by atoms with E-state index in [9.17, 15) is 9.90 Å². The Morgan fingerprint density at radius 3 is 2.29 bits per heavy atom. The van der Waals surface area contributed by atoms with Crippen LogP contribution in [0.4, 0.5) is 0 Å². The average Bonchev–Trinajstić information content (AvgIpc) is 3.06. The van der Waals surface area contributed by atoms with Gasteiger partial charge in [-0.2, -0.15) is 9.78 Å². The Morgan fingerprint density at radius 1 is 1.06 bits per heavy atom. The van der Waals surface area contributed by atoms with Crippen LogP contribution in [-0.4, -0.2) is 21.0 Å². The van der Waals surface area contributed by atoms with Crippen LogP contribution < -0.4 is 5.56 Å². The number of hydrogen-bond donors (Lipinski definition) is 1. The van der Waals surface area contributed by atoms with Crippen LogP contribution in [0.5, 0.6) is 5.75 Å². The molecule has 0 saturated carbocycles. The van der Waals surface area contributed by atoms with Crippen molar-refractivity contribution < 1.29 is 5.11 Å². The van der Waals surface area contributed by atoms with Crippen molar-refractivity contribution in [1.29, 1.82) is 0 Å². The second-order valence-corrected chi connectivity index (χ2v) is 11.6. The molecule has 0 radical (unpaired) electrons.